The van der Waals surface area contributed by atoms with Crippen LogP contribution in [0.5, 0.6) is 0 Å². The highest BCUT2D eigenvalue weighted by Crippen LogP contribution is 2.36. The zero-order chi connectivity index (χ0) is 23.2. The highest BCUT2D eigenvalue weighted by Gasteiger charge is 2.36. The van der Waals surface area contributed by atoms with Gasteiger partial charge in [-0.2, -0.15) is 0 Å². The minimum atomic E-state index is -0.363. The molecule has 1 fully saturated rings. The van der Waals surface area contributed by atoms with Crippen molar-refractivity contribution in [3.05, 3.63) is 87.3 Å². The third-order valence-corrected chi connectivity index (χ3v) is 7.34. The second-order valence-electron chi connectivity index (χ2n) is 7.42. The quantitative estimate of drug-likeness (QED) is 0.351. The number of carbonyl (C=O) groups excluding carboxylic acids is 2. The van der Waals surface area contributed by atoms with E-state index in [1.165, 1.54) is 23.1 Å². The van der Waals surface area contributed by atoms with Crippen molar-refractivity contribution in [2.75, 3.05) is 5.32 Å². The molecule has 6 nitrogen and oxygen atoms in total. The van der Waals surface area contributed by atoms with Crippen LogP contribution < -0.4 is 5.32 Å². The summed E-state index contributed by atoms with van der Waals surface area (Å²) in [5.41, 5.74) is 2.28. The molecule has 33 heavy (non-hydrogen) atoms. The van der Waals surface area contributed by atoms with Crippen LogP contribution in [0.1, 0.15) is 29.5 Å². The average molecular weight is 495 g/mol. The van der Waals surface area contributed by atoms with Crippen LogP contribution in [0.3, 0.4) is 0 Å². The maximum atomic E-state index is 13.4. The van der Waals surface area contributed by atoms with E-state index in [1.807, 2.05) is 60.7 Å². The van der Waals surface area contributed by atoms with Crippen molar-refractivity contribution in [3.8, 4) is 0 Å². The van der Waals surface area contributed by atoms with E-state index in [-0.39, 0.29) is 11.8 Å². The molecule has 0 unspecified atom stereocenters. The predicted molar refractivity (Wildman–Crippen MR) is 137 cm³/mol. The lowest BCUT2D eigenvalue weighted by Crippen LogP contribution is -2.28. The number of aryl methyl sites for hydroxylation is 1. The average Bonchev–Trinajstić information content (AvgIpc) is 3.38. The first-order valence-corrected chi connectivity index (χ1v) is 12.6. The first kappa shape index (κ1) is 23.3. The van der Waals surface area contributed by atoms with Crippen LogP contribution in [0.15, 0.2) is 71.1 Å². The summed E-state index contributed by atoms with van der Waals surface area (Å²) in [6, 6.07) is 19.3. The van der Waals surface area contributed by atoms with Gasteiger partial charge in [0.15, 0.2) is 0 Å². The Balaban J connectivity index is 1.63. The van der Waals surface area contributed by atoms with Crippen molar-refractivity contribution in [2.45, 2.75) is 32.7 Å². The SMILES string of the molecule is CCCc1nnc(NC(=O)/C(Cc2ccccc2)=C2/SC(=S)N(Cc3ccccc3)C2=O)s1. The Labute approximate surface area is 206 Å². The van der Waals surface area contributed by atoms with Crippen LogP contribution in [-0.4, -0.2) is 31.2 Å². The molecule has 1 aliphatic rings. The molecule has 1 aliphatic heterocycles. The van der Waals surface area contributed by atoms with Gasteiger partial charge in [0.25, 0.3) is 11.8 Å². The number of aromatic nitrogens is 2. The summed E-state index contributed by atoms with van der Waals surface area (Å²) in [6.45, 7) is 2.43. The first-order chi connectivity index (χ1) is 16.0. The van der Waals surface area contributed by atoms with Crippen LogP contribution in [0.2, 0.25) is 0 Å². The number of benzene rings is 2. The zero-order valence-corrected chi connectivity index (χ0v) is 20.4. The number of rotatable bonds is 8. The molecule has 3 aromatic rings. The van der Waals surface area contributed by atoms with Gasteiger partial charge < -0.3 is 0 Å². The fourth-order valence-corrected chi connectivity index (χ4v) is 5.49. The van der Waals surface area contributed by atoms with Crippen LogP contribution in [-0.2, 0) is 29.0 Å². The Bertz CT molecular complexity index is 1190. The maximum absolute atomic E-state index is 13.4. The van der Waals surface area contributed by atoms with E-state index >= 15 is 0 Å². The summed E-state index contributed by atoms with van der Waals surface area (Å²) in [4.78, 5) is 28.6. The van der Waals surface area contributed by atoms with Crippen LogP contribution >= 0.6 is 35.3 Å². The van der Waals surface area contributed by atoms with Gasteiger partial charge in [-0.1, -0.05) is 103 Å². The van der Waals surface area contributed by atoms with Gasteiger partial charge in [-0.15, -0.1) is 10.2 Å². The summed E-state index contributed by atoms with van der Waals surface area (Å²) in [5.74, 6) is -0.614. The van der Waals surface area contributed by atoms with Crippen molar-refractivity contribution in [3.63, 3.8) is 0 Å². The lowest BCUT2D eigenvalue weighted by atomic mass is 10.0. The highest BCUT2D eigenvalue weighted by atomic mass is 32.2. The molecule has 168 valence electrons. The Kier molecular flexibility index (Phi) is 7.64. The number of nitrogens with one attached hydrogen (secondary N) is 1. The number of nitrogens with zero attached hydrogens (tertiary/aromatic N) is 3. The fraction of sp³-hybridized carbons (Fsp3) is 0.208. The molecule has 4 rings (SSSR count). The van der Waals surface area contributed by atoms with Gasteiger partial charge in [-0.3, -0.25) is 19.8 Å². The molecule has 0 radical (unpaired) electrons. The van der Waals surface area contributed by atoms with E-state index in [1.54, 1.807) is 4.90 Å². The summed E-state index contributed by atoms with van der Waals surface area (Å²) < 4.78 is 0.443. The topological polar surface area (TPSA) is 75.2 Å². The molecule has 2 heterocycles. The molecule has 0 bridgehead atoms. The first-order valence-electron chi connectivity index (χ1n) is 10.5. The van der Waals surface area contributed by atoms with Crippen LogP contribution in [0.4, 0.5) is 5.13 Å². The van der Waals surface area contributed by atoms with Crippen LogP contribution in [0, 0.1) is 0 Å². The van der Waals surface area contributed by atoms with Gasteiger partial charge in [0, 0.05) is 18.4 Å². The normalized spacial score (nSPS) is 15.1. The second-order valence-corrected chi connectivity index (χ2v) is 10.1. The number of carbonyl (C=O) groups is 2. The molecule has 0 saturated carbocycles. The van der Waals surface area contributed by atoms with E-state index in [0.717, 1.165) is 29.0 Å². The van der Waals surface area contributed by atoms with Crippen molar-refractivity contribution in [1.82, 2.24) is 15.1 Å². The lowest BCUT2D eigenvalue weighted by molar-refractivity contribution is -0.123. The molecule has 2 aromatic carbocycles. The molecular formula is C24H22N4O2S3. The van der Waals surface area contributed by atoms with Gasteiger partial charge in [0.05, 0.1) is 11.4 Å². The van der Waals surface area contributed by atoms with Crippen LogP contribution in [0.25, 0.3) is 0 Å². The summed E-state index contributed by atoms with van der Waals surface area (Å²) in [6.07, 6.45) is 2.07. The standard InChI is InChI=1S/C24H22N4O2S3/c1-2-9-19-26-27-23(32-19)25-21(29)18(14-16-10-5-3-6-11-16)20-22(30)28(24(31)33-20)15-17-12-7-4-8-13-17/h3-8,10-13H,2,9,14-15H2,1H3,(H,25,27,29)/b20-18+. The molecule has 0 aliphatic carbocycles. The summed E-state index contributed by atoms with van der Waals surface area (Å²) in [7, 11) is 0. The Morgan fingerprint density at radius 2 is 1.70 bits per heavy atom. The molecular weight excluding hydrogens is 472 g/mol. The Hall–Kier alpha value is -2.88. The number of hydrogen-bond acceptors (Lipinski definition) is 7. The lowest BCUT2D eigenvalue weighted by Gasteiger charge is -2.15. The Morgan fingerprint density at radius 1 is 1.03 bits per heavy atom. The van der Waals surface area contributed by atoms with Crippen molar-refractivity contribution >= 4 is 56.6 Å². The van der Waals surface area contributed by atoms with E-state index < -0.39 is 0 Å². The van der Waals surface area contributed by atoms with Gasteiger partial charge in [-0.05, 0) is 17.5 Å². The molecule has 2 amide bonds. The molecule has 0 spiro atoms. The minimum Gasteiger partial charge on any atom is -0.297 e. The van der Waals surface area contributed by atoms with Crippen molar-refractivity contribution in [1.29, 1.82) is 0 Å². The van der Waals surface area contributed by atoms with Gasteiger partial charge in [-0.25, -0.2) is 0 Å². The fourth-order valence-electron chi connectivity index (χ4n) is 3.34. The predicted octanol–water partition coefficient (Wildman–Crippen LogP) is 4.99. The second kappa shape index (κ2) is 10.8. The third kappa shape index (κ3) is 5.73. The number of thioether (sulfide) groups is 1. The Morgan fingerprint density at radius 3 is 2.36 bits per heavy atom. The van der Waals surface area contributed by atoms with E-state index in [2.05, 4.69) is 22.4 Å². The number of amides is 2. The molecule has 1 saturated heterocycles. The smallest absolute Gasteiger partial charge is 0.266 e. The van der Waals surface area contributed by atoms with Crippen molar-refractivity contribution in [2.24, 2.45) is 0 Å². The van der Waals surface area contributed by atoms with E-state index in [9.17, 15) is 9.59 Å². The number of thiocarbonyl (C=S) groups is 1. The van der Waals surface area contributed by atoms with Crippen molar-refractivity contribution < 1.29 is 9.59 Å². The van der Waals surface area contributed by atoms with Gasteiger partial charge >= 0.3 is 0 Å². The van der Waals surface area contributed by atoms with Gasteiger partial charge in [0.2, 0.25) is 5.13 Å². The zero-order valence-electron chi connectivity index (χ0n) is 18.0. The molecule has 9 heteroatoms. The maximum Gasteiger partial charge on any atom is 0.266 e. The minimum absolute atomic E-state index is 0.251. The number of anilines is 1. The molecule has 1 aromatic heterocycles. The molecule has 1 N–H and O–H groups in total. The third-order valence-electron chi connectivity index (χ3n) is 4.96. The summed E-state index contributed by atoms with van der Waals surface area (Å²) >= 11 is 8.03. The summed E-state index contributed by atoms with van der Waals surface area (Å²) in [5, 5.41) is 12.3. The number of hydrogen-bond donors (Lipinski definition) is 1. The van der Waals surface area contributed by atoms with Gasteiger partial charge in [0.1, 0.15) is 9.33 Å². The monoisotopic (exact) mass is 494 g/mol. The van der Waals surface area contributed by atoms with E-state index in [4.69, 9.17) is 12.2 Å². The largest absolute Gasteiger partial charge is 0.297 e. The van der Waals surface area contributed by atoms with E-state index in [0.29, 0.717) is 32.9 Å². The molecule has 0 atom stereocenters. The highest BCUT2D eigenvalue weighted by molar-refractivity contribution is 8.26.